The molecule has 130 valence electrons. The molecule has 0 unspecified atom stereocenters. The van der Waals surface area contributed by atoms with Gasteiger partial charge in [-0.05, 0) is 32.0 Å². The summed E-state index contributed by atoms with van der Waals surface area (Å²) < 4.78 is 31.1. The molecule has 0 spiro atoms. The van der Waals surface area contributed by atoms with Crippen molar-refractivity contribution >= 4 is 38.4 Å². The predicted octanol–water partition coefficient (Wildman–Crippen LogP) is 3.53. The summed E-state index contributed by atoms with van der Waals surface area (Å²) in [5.74, 6) is -0.825. The Morgan fingerprint density at radius 2 is 1.92 bits per heavy atom. The molecule has 0 atom stereocenters. The van der Waals surface area contributed by atoms with Crippen LogP contribution in [0, 0.1) is 6.92 Å². The first kappa shape index (κ1) is 17.4. The number of pyridine rings is 1. The number of esters is 1. The van der Waals surface area contributed by atoms with Crippen LogP contribution in [0.3, 0.4) is 0 Å². The summed E-state index contributed by atoms with van der Waals surface area (Å²) in [4.78, 5) is 19.3. The molecule has 6 nitrogen and oxygen atoms in total. The van der Waals surface area contributed by atoms with Crippen LogP contribution in [0.1, 0.15) is 22.8 Å². The van der Waals surface area contributed by atoms with E-state index in [4.69, 9.17) is 16.3 Å². The van der Waals surface area contributed by atoms with Crippen LogP contribution >= 0.6 is 11.6 Å². The number of ether oxygens (including phenoxy) is 1. The number of nitrogens with zero attached hydrogens (tertiary/aromatic N) is 1. The largest absolute Gasteiger partial charge is 0.462 e. The Morgan fingerprint density at radius 1 is 1.24 bits per heavy atom. The number of aromatic amines is 1. The maximum Gasteiger partial charge on any atom is 0.342 e. The van der Waals surface area contributed by atoms with Gasteiger partial charge in [0.05, 0.1) is 16.5 Å². The van der Waals surface area contributed by atoms with Gasteiger partial charge in [-0.25, -0.2) is 18.2 Å². The Balaban J connectivity index is 2.31. The number of nitrogens with one attached hydrogen (secondary N) is 1. The third-order valence-electron chi connectivity index (χ3n) is 3.67. The Morgan fingerprint density at radius 3 is 2.56 bits per heavy atom. The number of rotatable bonds is 4. The minimum absolute atomic E-state index is 0.00427. The average molecular weight is 379 g/mol. The number of fused-ring (bicyclic) bond motifs is 1. The van der Waals surface area contributed by atoms with E-state index in [1.165, 1.54) is 12.1 Å². The molecule has 8 heteroatoms. The van der Waals surface area contributed by atoms with E-state index in [1.54, 1.807) is 31.3 Å². The quantitative estimate of drug-likeness (QED) is 0.701. The molecule has 0 saturated heterocycles. The van der Waals surface area contributed by atoms with E-state index >= 15 is 0 Å². The maximum atomic E-state index is 13.0. The Hall–Kier alpha value is -2.38. The van der Waals surface area contributed by atoms with Gasteiger partial charge in [-0.3, -0.25) is 0 Å². The van der Waals surface area contributed by atoms with E-state index in [2.05, 4.69) is 9.97 Å². The van der Waals surface area contributed by atoms with Gasteiger partial charge in [0.1, 0.15) is 11.2 Å². The zero-order chi connectivity index (χ0) is 18.2. The molecule has 1 N–H and O–H groups in total. The number of hydrogen-bond donors (Lipinski definition) is 1. The molecule has 25 heavy (non-hydrogen) atoms. The van der Waals surface area contributed by atoms with Crippen LogP contribution in [-0.4, -0.2) is 31.0 Å². The van der Waals surface area contributed by atoms with E-state index in [9.17, 15) is 13.2 Å². The van der Waals surface area contributed by atoms with Gasteiger partial charge in [-0.2, -0.15) is 0 Å². The third-order valence-corrected chi connectivity index (χ3v) is 5.76. The Kier molecular flexibility index (Phi) is 4.53. The second-order valence-electron chi connectivity index (χ2n) is 5.38. The molecule has 0 aliphatic carbocycles. The SMILES string of the molecule is CCOC(=O)c1c(S(=O)(=O)c2ccc(C)cc2)nc2[nH]ccc2c1Cl. The van der Waals surface area contributed by atoms with Crippen molar-refractivity contribution in [2.24, 2.45) is 0 Å². The summed E-state index contributed by atoms with van der Waals surface area (Å²) in [5, 5.41) is 0.0257. The van der Waals surface area contributed by atoms with Crippen LogP contribution in [0.2, 0.25) is 5.02 Å². The molecule has 3 rings (SSSR count). The van der Waals surface area contributed by atoms with Gasteiger partial charge in [0.25, 0.3) is 0 Å². The average Bonchev–Trinajstić information content (AvgIpc) is 3.04. The van der Waals surface area contributed by atoms with Crippen LogP contribution in [0.5, 0.6) is 0 Å². The standard InChI is InChI=1S/C17H15ClN2O4S/c1-3-24-17(21)13-14(18)12-8-9-19-15(12)20-16(13)25(22,23)11-6-4-10(2)5-7-11/h4-9H,3H2,1-2H3,(H,19,20). The number of hydrogen-bond acceptors (Lipinski definition) is 5. The molecule has 0 radical (unpaired) electrons. The molecule has 0 aliphatic rings. The third kappa shape index (κ3) is 3.01. The molecular formula is C17H15ClN2O4S. The smallest absolute Gasteiger partial charge is 0.342 e. The molecule has 0 fully saturated rings. The highest BCUT2D eigenvalue weighted by molar-refractivity contribution is 7.91. The number of halogens is 1. The summed E-state index contributed by atoms with van der Waals surface area (Å²) in [5.41, 5.74) is 0.940. The lowest BCUT2D eigenvalue weighted by molar-refractivity contribution is 0.0521. The van der Waals surface area contributed by atoms with Crippen LogP contribution in [-0.2, 0) is 14.6 Å². The lowest BCUT2D eigenvalue weighted by Gasteiger charge is -2.12. The second-order valence-corrected chi connectivity index (χ2v) is 7.63. The van der Waals surface area contributed by atoms with Crippen LogP contribution in [0.4, 0.5) is 0 Å². The number of sulfone groups is 1. The first-order chi connectivity index (χ1) is 11.9. The molecule has 2 aromatic heterocycles. The molecule has 0 amide bonds. The van der Waals surface area contributed by atoms with Gasteiger partial charge in [0.2, 0.25) is 9.84 Å². The van der Waals surface area contributed by atoms with Crippen LogP contribution in [0.25, 0.3) is 11.0 Å². The zero-order valence-corrected chi connectivity index (χ0v) is 15.1. The van der Waals surface area contributed by atoms with Gasteiger partial charge in [0.15, 0.2) is 5.03 Å². The highest BCUT2D eigenvalue weighted by atomic mass is 35.5. The van der Waals surface area contributed by atoms with E-state index < -0.39 is 20.8 Å². The topological polar surface area (TPSA) is 89.1 Å². The van der Waals surface area contributed by atoms with Crippen LogP contribution in [0.15, 0.2) is 46.5 Å². The Labute approximate surface area is 149 Å². The first-order valence-electron chi connectivity index (χ1n) is 7.51. The highest BCUT2D eigenvalue weighted by Gasteiger charge is 2.31. The maximum absolute atomic E-state index is 13.0. The van der Waals surface area contributed by atoms with E-state index in [0.717, 1.165) is 5.56 Å². The van der Waals surface area contributed by atoms with Crippen molar-refractivity contribution in [2.75, 3.05) is 6.61 Å². The fourth-order valence-electron chi connectivity index (χ4n) is 2.42. The minimum Gasteiger partial charge on any atom is -0.462 e. The van der Waals surface area contributed by atoms with Crippen molar-refractivity contribution in [3.63, 3.8) is 0 Å². The molecular weight excluding hydrogens is 364 g/mol. The van der Waals surface area contributed by atoms with Crippen molar-refractivity contribution in [1.29, 1.82) is 0 Å². The lowest BCUT2D eigenvalue weighted by Crippen LogP contribution is -2.15. The molecule has 0 saturated carbocycles. The molecule has 0 aliphatic heterocycles. The van der Waals surface area contributed by atoms with Gasteiger partial charge in [-0.15, -0.1) is 0 Å². The van der Waals surface area contributed by atoms with Crippen molar-refractivity contribution in [1.82, 2.24) is 9.97 Å². The van der Waals surface area contributed by atoms with Gasteiger partial charge in [0, 0.05) is 11.6 Å². The number of aromatic nitrogens is 2. The van der Waals surface area contributed by atoms with Gasteiger partial charge >= 0.3 is 5.97 Å². The van der Waals surface area contributed by atoms with Gasteiger partial charge < -0.3 is 9.72 Å². The molecule has 3 aromatic rings. The second kappa shape index (κ2) is 6.50. The highest BCUT2D eigenvalue weighted by Crippen LogP contribution is 2.33. The number of benzene rings is 1. The molecule has 1 aromatic carbocycles. The van der Waals surface area contributed by atoms with Gasteiger partial charge in [-0.1, -0.05) is 29.3 Å². The first-order valence-corrected chi connectivity index (χ1v) is 9.37. The van der Waals surface area contributed by atoms with Crippen molar-refractivity contribution < 1.29 is 17.9 Å². The van der Waals surface area contributed by atoms with E-state index in [-0.39, 0.29) is 27.7 Å². The summed E-state index contributed by atoms with van der Waals surface area (Å²) in [7, 11) is -4.06. The van der Waals surface area contributed by atoms with Crippen molar-refractivity contribution in [3.05, 3.63) is 52.7 Å². The molecule has 2 heterocycles. The van der Waals surface area contributed by atoms with Crippen LogP contribution < -0.4 is 0 Å². The normalized spacial score (nSPS) is 11.6. The minimum atomic E-state index is -4.06. The van der Waals surface area contributed by atoms with E-state index in [0.29, 0.717) is 5.39 Å². The fraction of sp³-hybridized carbons (Fsp3) is 0.176. The molecule has 0 bridgehead atoms. The summed E-state index contributed by atoms with van der Waals surface area (Å²) in [6.07, 6.45) is 1.57. The van der Waals surface area contributed by atoms with E-state index in [1.807, 2.05) is 6.92 Å². The van der Waals surface area contributed by atoms with Crippen molar-refractivity contribution in [3.8, 4) is 0 Å². The summed E-state index contributed by atoms with van der Waals surface area (Å²) in [6, 6.07) is 7.90. The van der Waals surface area contributed by atoms with Crippen molar-refractivity contribution in [2.45, 2.75) is 23.8 Å². The summed E-state index contributed by atoms with van der Waals surface area (Å²) in [6.45, 7) is 3.56. The Bertz CT molecular complexity index is 1060. The number of H-pyrrole nitrogens is 1. The number of carbonyl (C=O) groups is 1. The predicted molar refractivity (Wildman–Crippen MR) is 93.7 cm³/mol. The number of aryl methyl sites for hydroxylation is 1. The number of carbonyl (C=O) groups excluding carboxylic acids is 1. The lowest BCUT2D eigenvalue weighted by atomic mass is 10.2. The summed E-state index contributed by atoms with van der Waals surface area (Å²) >= 11 is 6.31. The zero-order valence-electron chi connectivity index (χ0n) is 13.5. The fourth-order valence-corrected chi connectivity index (χ4v) is 4.18. The monoisotopic (exact) mass is 378 g/mol.